The predicted molar refractivity (Wildman–Crippen MR) is 230 cm³/mol. The smallest absolute Gasteiger partial charge is 0.160 e. The van der Waals surface area contributed by atoms with Gasteiger partial charge in [-0.1, -0.05) is 139 Å². The SMILES string of the molecule is CC(C)(C)c1ccc2sc3c(cc(N(c4ccc(-c5ccccc5)cc4)c4ccc(-c5ccccc5)cc4)c4oc5ccc(C(C)(C)C)cc5c43)c2c1. The molecule has 0 radical (unpaired) electrons. The van der Waals surface area contributed by atoms with Gasteiger partial charge in [0.2, 0.25) is 0 Å². The van der Waals surface area contributed by atoms with Gasteiger partial charge in [0.15, 0.2) is 5.58 Å². The van der Waals surface area contributed by atoms with Gasteiger partial charge in [-0.05, 0) is 98.8 Å². The maximum atomic E-state index is 7.01. The van der Waals surface area contributed by atoms with Crippen LogP contribution < -0.4 is 4.90 Å². The van der Waals surface area contributed by atoms with Crippen molar-refractivity contribution in [2.75, 3.05) is 4.90 Å². The lowest BCUT2D eigenvalue weighted by molar-refractivity contribution is 0.590. The first kappa shape index (κ1) is 33.2. The van der Waals surface area contributed by atoms with E-state index in [4.69, 9.17) is 4.42 Å². The molecule has 0 aliphatic rings. The molecule has 3 heteroatoms. The number of anilines is 3. The summed E-state index contributed by atoms with van der Waals surface area (Å²) >= 11 is 1.88. The molecule has 2 aromatic heterocycles. The van der Waals surface area contributed by atoms with Crippen LogP contribution in [-0.4, -0.2) is 0 Å². The van der Waals surface area contributed by atoms with Gasteiger partial charge in [0, 0.05) is 42.3 Å². The number of benzene rings is 7. The Morgan fingerprint density at radius 1 is 0.472 bits per heavy atom. The molecule has 0 aliphatic heterocycles. The maximum absolute atomic E-state index is 7.01. The standard InChI is InChI=1S/C50H43NOS/c1-49(2,3)36-21-27-44-42(30-36)46-47(52-44)43(31-41-40-29-37(50(4,5)6)22-28-45(40)53-48(41)46)51(38-23-17-34(18-24-38)32-13-9-7-10-14-32)39-25-19-35(20-26-39)33-15-11-8-12-16-33/h7-31H,1-6H3. The van der Waals surface area contributed by atoms with Crippen LogP contribution in [0.25, 0.3) is 64.4 Å². The highest BCUT2D eigenvalue weighted by Gasteiger charge is 2.26. The Morgan fingerprint density at radius 3 is 1.49 bits per heavy atom. The van der Waals surface area contributed by atoms with E-state index in [9.17, 15) is 0 Å². The zero-order valence-corrected chi connectivity index (χ0v) is 32.0. The van der Waals surface area contributed by atoms with Crippen LogP contribution in [0.3, 0.4) is 0 Å². The lowest BCUT2D eigenvalue weighted by atomic mass is 9.86. The Labute approximate surface area is 316 Å². The van der Waals surface area contributed by atoms with Crippen molar-refractivity contribution in [1.82, 2.24) is 0 Å². The van der Waals surface area contributed by atoms with Crippen molar-refractivity contribution in [1.29, 1.82) is 0 Å². The van der Waals surface area contributed by atoms with Crippen molar-refractivity contribution in [2.45, 2.75) is 52.4 Å². The lowest BCUT2D eigenvalue weighted by Crippen LogP contribution is -2.10. The van der Waals surface area contributed by atoms with Crippen LogP contribution in [0, 0.1) is 0 Å². The summed E-state index contributed by atoms with van der Waals surface area (Å²) in [4.78, 5) is 2.38. The molecule has 260 valence electrons. The van der Waals surface area contributed by atoms with E-state index in [1.807, 2.05) is 11.3 Å². The number of nitrogens with zero attached hydrogens (tertiary/aromatic N) is 1. The van der Waals surface area contributed by atoms with Crippen LogP contribution in [0.4, 0.5) is 17.1 Å². The molecule has 2 heterocycles. The van der Waals surface area contributed by atoms with E-state index in [0.717, 1.165) is 28.2 Å². The van der Waals surface area contributed by atoms with Crippen molar-refractivity contribution in [3.8, 4) is 22.3 Å². The minimum atomic E-state index is 0.00329. The Kier molecular flexibility index (Phi) is 7.83. The highest BCUT2D eigenvalue weighted by molar-refractivity contribution is 7.26. The maximum Gasteiger partial charge on any atom is 0.160 e. The monoisotopic (exact) mass is 705 g/mol. The summed E-state index contributed by atoms with van der Waals surface area (Å²) in [6.45, 7) is 13.7. The van der Waals surface area contributed by atoms with Crippen LogP contribution >= 0.6 is 11.3 Å². The molecule has 0 N–H and O–H groups in total. The molecule has 9 rings (SSSR count). The lowest BCUT2D eigenvalue weighted by Gasteiger charge is -2.26. The van der Waals surface area contributed by atoms with E-state index in [2.05, 4.69) is 198 Å². The minimum absolute atomic E-state index is 0.00329. The van der Waals surface area contributed by atoms with Gasteiger partial charge >= 0.3 is 0 Å². The van der Waals surface area contributed by atoms with Crippen LogP contribution in [0.1, 0.15) is 52.7 Å². The molecule has 0 saturated carbocycles. The Bertz CT molecular complexity index is 2670. The summed E-state index contributed by atoms with van der Waals surface area (Å²) in [5.74, 6) is 0. The third-order valence-corrected chi connectivity index (χ3v) is 11.8. The third kappa shape index (κ3) is 5.90. The molecule has 0 fully saturated rings. The number of hydrogen-bond donors (Lipinski definition) is 0. The van der Waals surface area contributed by atoms with Crippen molar-refractivity contribution in [3.05, 3.63) is 163 Å². The molecular weight excluding hydrogens is 663 g/mol. The van der Waals surface area contributed by atoms with Gasteiger partial charge in [-0.3, -0.25) is 0 Å². The molecule has 0 amide bonds. The highest BCUT2D eigenvalue weighted by Crippen LogP contribution is 2.50. The van der Waals surface area contributed by atoms with E-state index in [1.54, 1.807) is 0 Å². The Hall–Kier alpha value is -5.64. The number of hydrogen-bond acceptors (Lipinski definition) is 3. The second-order valence-electron chi connectivity index (χ2n) is 16.3. The molecule has 2 nitrogen and oxygen atoms in total. The zero-order valence-electron chi connectivity index (χ0n) is 31.2. The molecule has 9 aromatic rings. The first-order valence-electron chi connectivity index (χ1n) is 18.5. The normalized spacial score (nSPS) is 12.3. The van der Waals surface area contributed by atoms with Gasteiger partial charge in [-0.15, -0.1) is 11.3 Å². The largest absolute Gasteiger partial charge is 0.454 e. The van der Waals surface area contributed by atoms with Crippen molar-refractivity contribution < 1.29 is 4.42 Å². The fourth-order valence-electron chi connectivity index (χ4n) is 7.54. The van der Waals surface area contributed by atoms with Crippen molar-refractivity contribution in [3.63, 3.8) is 0 Å². The topological polar surface area (TPSA) is 16.4 Å². The molecule has 7 aromatic carbocycles. The van der Waals surface area contributed by atoms with E-state index < -0.39 is 0 Å². The molecule has 0 saturated heterocycles. The second-order valence-corrected chi connectivity index (χ2v) is 17.3. The van der Waals surface area contributed by atoms with Crippen LogP contribution in [0.15, 0.2) is 156 Å². The summed E-state index contributed by atoms with van der Waals surface area (Å²) in [5.41, 5.74) is 12.4. The van der Waals surface area contributed by atoms with E-state index in [0.29, 0.717) is 0 Å². The quantitative estimate of drug-likeness (QED) is 0.177. The Balaban J connectivity index is 1.35. The molecular formula is C50H43NOS. The van der Waals surface area contributed by atoms with Crippen LogP contribution in [-0.2, 0) is 10.8 Å². The van der Waals surface area contributed by atoms with Gasteiger partial charge in [-0.25, -0.2) is 0 Å². The summed E-state index contributed by atoms with van der Waals surface area (Å²) in [7, 11) is 0. The first-order chi connectivity index (χ1) is 25.5. The predicted octanol–water partition coefficient (Wildman–Crippen LogP) is 15.4. The first-order valence-corrected chi connectivity index (χ1v) is 19.3. The van der Waals surface area contributed by atoms with Crippen molar-refractivity contribution in [2.24, 2.45) is 0 Å². The molecule has 0 unspecified atom stereocenters. The number of rotatable bonds is 5. The van der Waals surface area contributed by atoms with Gasteiger partial charge in [-0.2, -0.15) is 0 Å². The van der Waals surface area contributed by atoms with E-state index in [1.165, 1.54) is 64.3 Å². The van der Waals surface area contributed by atoms with Gasteiger partial charge in [0.1, 0.15) is 5.58 Å². The van der Waals surface area contributed by atoms with Gasteiger partial charge in [0.25, 0.3) is 0 Å². The Morgan fingerprint density at radius 2 is 0.962 bits per heavy atom. The number of fused-ring (bicyclic) bond motifs is 7. The van der Waals surface area contributed by atoms with Gasteiger partial charge < -0.3 is 9.32 Å². The zero-order chi connectivity index (χ0) is 36.5. The molecule has 53 heavy (non-hydrogen) atoms. The average molecular weight is 706 g/mol. The summed E-state index contributed by atoms with van der Waals surface area (Å²) < 4.78 is 9.57. The van der Waals surface area contributed by atoms with Gasteiger partial charge in [0.05, 0.1) is 5.69 Å². The number of furan rings is 1. The third-order valence-electron chi connectivity index (χ3n) is 10.6. The average Bonchev–Trinajstić information content (AvgIpc) is 3.73. The van der Waals surface area contributed by atoms with Crippen LogP contribution in [0.2, 0.25) is 0 Å². The fourth-order valence-corrected chi connectivity index (χ4v) is 8.76. The summed E-state index contributed by atoms with van der Waals surface area (Å²) in [5, 5.41) is 4.90. The molecule has 0 bridgehead atoms. The molecule has 0 aliphatic carbocycles. The van der Waals surface area contributed by atoms with E-state index >= 15 is 0 Å². The summed E-state index contributed by atoms with van der Waals surface area (Å²) in [6.07, 6.45) is 0. The number of thiophene rings is 1. The highest BCUT2D eigenvalue weighted by atomic mass is 32.1. The minimum Gasteiger partial charge on any atom is -0.454 e. The fraction of sp³-hybridized carbons (Fsp3) is 0.160. The van der Waals surface area contributed by atoms with Crippen LogP contribution in [0.5, 0.6) is 0 Å². The second kappa shape index (κ2) is 12.5. The summed E-state index contributed by atoms with van der Waals surface area (Å²) in [6, 6.07) is 55.3. The van der Waals surface area contributed by atoms with E-state index in [-0.39, 0.29) is 10.8 Å². The van der Waals surface area contributed by atoms with Crippen molar-refractivity contribution >= 4 is 70.5 Å². The molecule has 0 atom stereocenters. The molecule has 0 spiro atoms.